The fraction of sp³-hybridized carbons (Fsp3) is 0.250. The molecule has 2 aromatic heterocycles. The van der Waals surface area contributed by atoms with E-state index in [1.807, 2.05) is 18.2 Å². The first-order chi connectivity index (χ1) is 10.2. The number of hydrogen-bond donors (Lipinski definition) is 0. The highest BCUT2D eigenvalue weighted by molar-refractivity contribution is 6.20. The van der Waals surface area contributed by atoms with Crippen LogP contribution in [0.3, 0.4) is 0 Å². The van der Waals surface area contributed by atoms with Crippen molar-refractivity contribution in [3.63, 3.8) is 0 Å². The summed E-state index contributed by atoms with van der Waals surface area (Å²) in [6.07, 6.45) is 2.03. The summed E-state index contributed by atoms with van der Waals surface area (Å²) in [5.41, 5.74) is 2.86. The molecule has 5 heteroatoms. The monoisotopic (exact) mass is 302 g/mol. The molecule has 3 rings (SSSR count). The van der Waals surface area contributed by atoms with Gasteiger partial charge in [-0.05, 0) is 25.1 Å². The molecule has 0 bridgehead atoms. The van der Waals surface area contributed by atoms with Gasteiger partial charge in [0.2, 0.25) is 5.88 Å². The van der Waals surface area contributed by atoms with Gasteiger partial charge >= 0.3 is 0 Å². The summed E-state index contributed by atoms with van der Waals surface area (Å²) >= 11 is 6.45. The van der Waals surface area contributed by atoms with Crippen molar-refractivity contribution in [2.75, 3.05) is 7.11 Å². The number of ether oxygens (including phenoxy) is 1. The van der Waals surface area contributed by atoms with Crippen LogP contribution in [0, 0.1) is 6.92 Å². The van der Waals surface area contributed by atoms with E-state index >= 15 is 0 Å². The average Bonchev–Trinajstić information content (AvgIpc) is 2.90. The lowest BCUT2D eigenvalue weighted by Gasteiger charge is -2.06. The van der Waals surface area contributed by atoms with Crippen LogP contribution in [0.2, 0.25) is 0 Å². The first-order valence-corrected chi connectivity index (χ1v) is 7.08. The Morgan fingerprint density at radius 1 is 1.24 bits per heavy atom. The van der Waals surface area contributed by atoms with E-state index in [2.05, 4.69) is 23.0 Å². The predicted octanol–water partition coefficient (Wildman–Crippen LogP) is 4.06. The highest BCUT2D eigenvalue weighted by Crippen LogP contribution is 2.30. The molecule has 0 fully saturated rings. The lowest BCUT2D eigenvalue weighted by atomic mass is 10.1. The summed E-state index contributed by atoms with van der Waals surface area (Å²) in [6, 6.07) is 9.83. The Labute approximate surface area is 127 Å². The lowest BCUT2D eigenvalue weighted by Crippen LogP contribution is -1.99. The summed E-state index contributed by atoms with van der Waals surface area (Å²) in [6.45, 7) is 2.05. The van der Waals surface area contributed by atoms with Gasteiger partial charge in [-0.1, -0.05) is 11.6 Å². The van der Waals surface area contributed by atoms with Gasteiger partial charge in [0.15, 0.2) is 0 Å². The SMILES string of the molecule is COc1cc(CC(Cl)c2cc3cc(C)ccc3o2)ncn1. The van der Waals surface area contributed by atoms with Crippen LogP contribution < -0.4 is 4.74 Å². The molecule has 0 aliphatic heterocycles. The van der Waals surface area contributed by atoms with Gasteiger partial charge in [0, 0.05) is 23.6 Å². The third kappa shape index (κ3) is 3.00. The summed E-state index contributed by atoms with van der Waals surface area (Å²) in [4.78, 5) is 8.19. The van der Waals surface area contributed by atoms with Gasteiger partial charge < -0.3 is 9.15 Å². The number of methoxy groups -OCH3 is 1. The van der Waals surface area contributed by atoms with E-state index in [1.165, 1.54) is 11.9 Å². The maximum atomic E-state index is 6.45. The predicted molar refractivity (Wildman–Crippen MR) is 81.8 cm³/mol. The molecule has 0 radical (unpaired) electrons. The fourth-order valence-electron chi connectivity index (χ4n) is 2.22. The summed E-state index contributed by atoms with van der Waals surface area (Å²) in [5, 5.41) is 0.785. The number of furan rings is 1. The molecule has 0 aliphatic rings. The molecule has 0 amide bonds. The highest BCUT2D eigenvalue weighted by Gasteiger charge is 2.15. The van der Waals surface area contributed by atoms with Crippen LogP contribution >= 0.6 is 11.6 Å². The number of fused-ring (bicyclic) bond motifs is 1. The maximum Gasteiger partial charge on any atom is 0.216 e. The van der Waals surface area contributed by atoms with E-state index in [4.69, 9.17) is 20.8 Å². The second kappa shape index (κ2) is 5.74. The minimum absolute atomic E-state index is 0.280. The third-order valence-corrected chi connectivity index (χ3v) is 3.67. The third-order valence-electron chi connectivity index (χ3n) is 3.30. The van der Waals surface area contributed by atoms with Crippen molar-refractivity contribution >= 4 is 22.6 Å². The number of benzene rings is 1. The van der Waals surface area contributed by atoms with Crippen molar-refractivity contribution in [2.45, 2.75) is 18.7 Å². The Morgan fingerprint density at radius 3 is 2.90 bits per heavy atom. The lowest BCUT2D eigenvalue weighted by molar-refractivity contribution is 0.395. The Bertz CT molecular complexity index is 770. The zero-order valence-corrected chi connectivity index (χ0v) is 12.6. The minimum Gasteiger partial charge on any atom is -0.481 e. The van der Waals surface area contributed by atoms with Crippen molar-refractivity contribution in [3.8, 4) is 5.88 Å². The Hall–Kier alpha value is -2.07. The molecule has 4 nitrogen and oxygen atoms in total. The van der Waals surface area contributed by atoms with E-state index in [1.54, 1.807) is 13.2 Å². The molecule has 3 aromatic rings. The summed E-state index contributed by atoms with van der Waals surface area (Å²) in [7, 11) is 1.58. The van der Waals surface area contributed by atoms with E-state index in [0.717, 1.165) is 22.4 Å². The number of hydrogen-bond acceptors (Lipinski definition) is 4. The minimum atomic E-state index is -0.280. The van der Waals surface area contributed by atoms with Crippen molar-refractivity contribution in [1.82, 2.24) is 9.97 Å². The van der Waals surface area contributed by atoms with Gasteiger partial charge in [-0.25, -0.2) is 9.97 Å². The summed E-state index contributed by atoms with van der Waals surface area (Å²) < 4.78 is 10.9. The van der Waals surface area contributed by atoms with Crippen LogP contribution in [-0.4, -0.2) is 17.1 Å². The molecule has 108 valence electrons. The van der Waals surface area contributed by atoms with Crippen LogP contribution in [0.25, 0.3) is 11.0 Å². The van der Waals surface area contributed by atoms with Gasteiger partial charge in [0.05, 0.1) is 12.5 Å². The topological polar surface area (TPSA) is 48.2 Å². The van der Waals surface area contributed by atoms with Crippen LogP contribution in [-0.2, 0) is 6.42 Å². The number of rotatable bonds is 4. The smallest absolute Gasteiger partial charge is 0.216 e. The molecule has 0 saturated carbocycles. The van der Waals surface area contributed by atoms with Gasteiger partial charge in [-0.2, -0.15) is 0 Å². The normalized spacial score (nSPS) is 12.5. The molecule has 0 N–H and O–H groups in total. The molecule has 2 heterocycles. The first kappa shape index (κ1) is 13.9. The highest BCUT2D eigenvalue weighted by atomic mass is 35.5. The molecule has 1 aromatic carbocycles. The van der Waals surface area contributed by atoms with Crippen molar-refractivity contribution < 1.29 is 9.15 Å². The summed E-state index contributed by atoms with van der Waals surface area (Å²) in [5.74, 6) is 1.28. The van der Waals surface area contributed by atoms with E-state index in [0.29, 0.717) is 12.3 Å². The zero-order chi connectivity index (χ0) is 14.8. The van der Waals surface area contributed by atoms with E-state index in [9.17, 15) is 0 Å². The molecule has 21 heavy (non-hydrogen) atoms. The quantitative estimate of drug-likeness (QED) is 0.682. The molecule has 0 saturated heterocycles. The van der Waals surface area contributed by atoms with Crippen LogP contribution in [0.1, 0.15) is 22.4 Å². The van der Waals surface area contributed by atoms with Crippen molar-refractivity contribution in [2.24, 2.45) is 0 Å². The first-order valence-electron chi connectivity index (χ1n) is 6.65. The van der Waals surface area contributed by atoms with Gasteiger partial charge in [-0.3, -0.25) is 0 Å². The van der Waals surface area contributed by atoms with Crippen LogP contribution in [0.5, 0.6) is 5.88 Å². The number of aromatic nitrogens is 2. The number of aryl methyl sites for hydroxylation is 1. The second-order valence-electron chi connectivity index (χ2n) is 4.91. The Balaban J connectivity index is 1.84. The molecule has 1 atom stereocenters. The fourth-order valence-corrected chi connectivity index (χ4v) is 2.49. The number of alkyl halides is 1. The largest absolute Gasteiger partial charge is 0.481 e. The number of halogens is 1. The molecule has 1 unspecified atom stereocenters. The molecule has 0 spiro atoms. The number of nitrogens with zero attached hydrogens (tertiary/aromatic N) is 2. The zero-order valence-electron chi connectivity index (χ0n) is 11.8. The second-order valence-corrected chi connectivity index (χ2v) is 5.44. The van der Waals surface area contributed by atoms with Crippen molar-refractivity contribution in [3.05, 3.63) is 53.7 Å². The van der Waals surface area contributed by atoms with Crippen molar-refractivity contribution in [1.29, 1.82) is 0 Å². The Kier molecular flexibility index (Phi) is 3.80. The average molecular weight is 303 g/mol. The standard InChI is InChI=1S/C16H15ClN2O2/c1-10-3-4-14-11(5-10)6-15(21-14)13(17)7-12-8-16(20-2)19-9-18-12/h3-6,8-9,13H,7H2,1-2H3. The maximum absolute atomic E-state index is 6.45. The van der Waals surface area contributed by atoms with Crippen LogP contribution in [0.4, 0.5) is 0 Å². The molecular weight excluding hydrogens is 288 g/mol. The Morgan fingerprint density at radius 2 is 2.10 bits per heavy atom. The van der Waals surface area contributed by atoms with Gasteiger partial charge in [0.1, 0.15) is 17.7 Å². The van der Waals surface area contributed by atoms with E-state index in [-0.39, 0.29) is 5.38 Å². The van der Waals surface area contributed by atoms with Gasteiger partial charge in [-0.15, -0.1) is 11.6 Å². The van der Waals surface area contributed by atoms with E-state index < -0.39 is 0 Å². The molecule has 0 aliphatic carbocycles. The van der Waals surface area contributed by atoms with Gasteiger partial charge in [0.25, 0.3) is 0 Å². The van der Waals surface area contributed by atoms with Crippen LogP contribution in [0.15, 0.2) is 41.1 Å². The molecular formula is C16H15ClN2O2.